The van der Waals surface area contributed by atoms with Gasteiger partial charge >= 0.3 is 0 Å². The van der Waals surface area contributed by atoms with Crippen molar-refractivity contribution in [2.24, 2.45) is 0 Å². The summed E-state index contributed by atoms with van der Waals surface area (Å²) in [5.74, 6) is -1.89. The zero-order valence-electron chi connectivity index (χ0n) is 24.6. The van der Waals surface area contributed by atoms with E-state index < -0.39 is 17.7 Å². The van der Waals surface area contributed by atoms with Gasteiger partial charge in [-0.2, -0.15) is 0 Å². The van der Waals surface area contributed by atoms with Crippen LogP contribution in [0.5, 0.6) is 0 Å². The average molecular weight is 751 g/mol. The van der Waals surface area contributed by atoms with Crippen LogP contribution in [0, 0.1) is 0 Å². The van der Waals surface area contributed by atoms with E-state index >= 15 is 0 Å². The van der Waals surface area contributed by atoms with Crippen molar-refractivity contribution in [1.29, 1.82) is 0 Å². The van der Waals surface area contributed by atoms with Crippen molar-refractivity contribution in [3.8, 4) is 0 Å². The second-order valence-corrected chi connectivity index (χ2v) is 9.88. The third-order valence-electron chi connectivity index (χ3n) is 6.35. The van der Waals surface area contributed by atoms with Crippen LogP contribution in [0.2, 0.25) is 0 Å². The second kappa shape index (κ2) is 26.3. The first-order chi connectivity index (χ1) is 19.1. The summed E-state index contributed by atoms with van der Waals surface area (Å²) in [6.07, 6.45) is 7.28. The molecule has 12 nitrogen and oxygen atoms in total. The van der Waals surface area contributed by atoms with Crippen LogP contribution < -0.4 is 16.0 Å². The van der Waals surface area contributed by atoms with E-state index in [0.29, 0.717) is 51.5 Å². The molecule has 5 amide bonds. The van der Waals surface area contributed by atoms with Gasteiger partial charge in [-0.3, -0.25) is 28.8 Å². The molecule has 0 unspecified atom stereocenters. The maximum absolute atomic E-state index is 12.8. The van der Waals surface area contributed by atoms with Crippen LogP contribution in [-0.4, -0.2) is 79.7 Å². The molecule has 0 aromatic rings. The number of Topliss-reactive ketones (excluding diaryl/α,β-unsaturated/α-hetero) is 2. The van der Waals surface area contributed by atoms with E-state index in [-0.39, 0.29) is 89.6 Å². The quantitative estimate of drug-likeness (QED) is 0.120. The zero-order valence-corrected chi connectivity index (χ0v) is 27.6. The molecular formula is C28H48N5O7W-. The fraction of sp³-hybridized carbons (Fsp3) is 0.750. The van der Waals surface area contributed by atoms with Crippen LogP contribution in [0.25, 0.3) is 5.73 Å². The first-order valence-electron chi connectivity index (χ1n) is 14.3. The Balaban J connectivity index is 0. The van der Waals surface area contributed by atoms with Gasteiger partial charge in [0.15, 0.2) is 5.78 Å². The standard InChI is InChI=1S/C28H49N5O7.W/c1-30-25(37)15-7-4-3-6-13-23(35)20-33(21-27(39)32-19-11-5-8-16-26(38)31-2)28(40)18-17-22(34)12-9-10-14-24(29)36;/h3-21H2,1-2H3,(H5,29,30,31,32,36,37,38,39);/p-1. The Labute approximate surface area is 258 Å². The van der Waals surface area contributed by atoms with E-state index in [1.165, 1.54) is 4.90 Å². The number of carbonyl (C=O) groups excluding carboxylic acids is 7. The van der Waals surface area contributed by atoms with E-state index in [1.807, 2.05) is 0 Å². The maximum atomic E-state index is 12.8. The number of nitrogens with zero attached hydrogens (tertiary/aromatic N) is 1. The molecule has 0 spiro atoms. The summed E-state index contributed by atoms with van der Waals surface area (Å²) in [6, 6.07) is 0. The molecule has 0 aliphatic carbocycles. The average Bonchev–Trinajstić information content (AvgIpc) is 2.92. The fourth-order valence-corrected chi connectivity index (χ4v) is 3.92. The summed E-state index contributed by atoms with van der Waals surface area (Å²) in [5.41, 5.74) is 6.89. The molecule has 0 aliphatic rings. The van der Waals surface area contributed by atoms with Gasteiger partial charge in [-0.25, -0.2) is 0 Å². The van der Waals surface area contributed by atoms with Gasteiger partial charge in [-0.15, -0.1) is 0 Å². The molecule has 234 valence electrons. The van der Waals surface area contributed by atoms with Crippen LogP contribution in [-0.2, 0) is 54.6 Å². The van der Waals surface area contributed by atoms with E-state index in [2.05, 4.69) is 16.0 Å². The molecular weight excluding hydrogens is 702 g/mol. The first kappa shape index (κ1) is 40.5. The van der Waals surface area contributed by atoms with Gasteiger partial charge in [0.05, 0.1) is 13.1 Å². The number of hydrogen-bond acceptors (Lipinski definition) is 7. The molecule has 0 saturated carbocycles. The third-order valence-corrected chi connectivity index (χ3v) is 6.35. The van der Waals surface area contributed by atoms with Crippen molar-refractivity contribution in [1.82, 2.24) is 20.9 Å². The summed E-state index contributed by atoms with van der Waals surface area (Å²) in [7, 11) is 3.17. The van der Waals surface area contributed by atoms with Crippen molar-refractivity contribution in [2.75, 3.05) is 33.7 Å². The number of unbranched alkanes of at least 4 members (excludes halogenated alkanes) is 6. The SMILES string of the molecule is CNC(=O)CCCCCCC(=O)CN(CC(=O)NCCCCCC(=O)NC)C(=O)CCC(=O)CCCCC([NH-])=O.[W]. The smallest absolute Gasteiger partial charge is 0.239 e. The van der Waals surface area contributed by atoms with Crippen LogP contribution in [0.15, 0.2) is 0 Å². The van der Waals surface area contributed by atoms with Crippen LogP contribution >= 0.6 is 0 Å². The topological polar surface area (TPSA) is 183 Å². The summed E-state index contributed by atoms with van der Waals surface area (Å²) < 4.78 is 0. The summed E-state index contributed by atoms with van der Waals surface area (Å²) in [5, 5.41) is 7.87. The molecule has 0 atom stereocenters. The fourth-order valence-electron chi connectivity index (χ4n) is 3.92. The predicted octanol–water partition coefficient (Wildman–Crippen LogP) is 2.38. The number of amides is 5. The largest absolute Gasteiger partial charge is 0.668 e. The minimum Gasteiger partial charge on any atom is -0.668 e. The minimum absolute atomic E-state index is 0. The molecule has 0 heterocycles. The number of rotatable bonds is 25. The van der Waals surface area contributed by atoms with E-state index in [0.717, 1.165) is 25.7 Å². The molecule has 0 aromatic carbocycles. The first-order valence-corrected chi connectivity index (χ1v) is 14.3. The predicted molar refractivity (Wildman–Crippen MR) is 151 cm³/mol. The Bertz CT molecular complexity index is 797. The molecule has 13 heteroatoms. The van der Waals surface area contributed by atoms with Crippen LogP contribution in [0.3, 0.4) is 0 Å². The Morgan fingerprint density at radius 2 is 1.02 bits per heavy atom. The molecule has 0 aliphatic heterocycles. The van der Waals surface area contributed by atoms with Crippen molar-refractivity contribution in [2.45, 2.75) is 103 Å². The van der Waals surface area contributed by atoms with Crippen LogP contribution in [0.1, 0.15) is 103 Å². The molecule has 41 heavy (non-hydrogen) atoms. The Morgan fingerprint density at radius 3 is 1.59 bits per heavy atom. The maximum Gasteiger partial charge on any atom is 0.239 e. The van der Waals surface area contributed by atoms with Crippen molar-refractivity contribution >= 4 is 41.1 Å². The summed E-state index contributed by atoms with van der Waals surface area (Å²) in [4.78, 5) is 84.5. The van der Waals surface area contributed by atoms with Gasteiger partial charge in [0.1, 0.15) is 5.78 Å². The van der Waals surface area contributed by atoms with Gasteiger partial charge in [0, 0.05) is 86.1 Å². The molecule has 0 radical (unpaired) electrons. The molecule has 0 saturated heterocycles. The van der Waals surface area contributed by atoms with E-state index in [1.54, 1.807) is 14.1 Å². The monoisotopic (exact) mass is 750 g/mol. The molecule has 0 fully saturated rings. The van der Waals surface area contributed by atoms with Gasteiger partial charge in [-0.05, 0) is 44.9 Å². The van der Waals surface area contributed by atoms with Gasteiger partial charge < -0.3 is 31.4 Å². The second-order valence-electron chi connectivity index (χ2n) is 9.88. The van der Waals surface area contributed by atoms with Crippen molar-refractivity contribution < 1.29 is 54.6 Å². The molecule has 0 bridgehead atoms. The van der Waals surface area contributed by atoms with E-state index in [9.17, 15) is 33.6 Å². The number of ketones is 2. The zero-order chi connectivity index (χ0) is 30.2. The molecule has 0 aromatic heterocycles. The number of nitrogens with one attached hydrogen (secondary N) is 4. The third kappa shape index (κ3) is 24.9. The Hall–Kier alpha value is -2.62. The van der Waals surface area contributed by atoms with Gasteiger partial charge in [0.2, 0.25) is 23.6 Å². The summed E-state index contributed by atoms with van der Waals surface area (Å²) >= 11 is 0. The van der Waals surface area contributed by atoms with Crippen LogP contribution in [0.4, 0.5) is 0 Å². The number of hydrogen-bond donors (Lipinski definition) is 3. The van der Waals surface area contributed by atoms with E-state index in [4.69, 9.17) is 5.73 Å². The molecule has 0 rings (SSSR count). The van der Waals surface area contributed by atoms with Crippen molar-refractivity contribution in [3.63, 3.8) is 0 Å². The number of carbonyl (C=O) groups is 7. The Morgan fingerprint density at radius 1 is 0.537 bits per heavy atom. The van der Waals surface area contributed by atoms with Crippen molar-refractivity contribution in [3.05, 3.63) is 5.73 Å². The van der Waals surface area contributed by atoms with Gasteiger partial charge in [-0.1, -0.05) is 19.3 Å². The molecule has 4 N–H and O–H groups in total. The normalized spacial score (nSPS) is 10.2. The van der Waals surface area contributed by atoms with Gasteiger partial charge in [0.25, 0.3) is 0 Å². The minimum atomic E-state index is -0.672. The summed E-state index contributed by atoms with van der Waals surface area (Å²) in [6.45, 7) is -0.108. The Kier molecular flexibility index (Phi) is 26.0.